The highest BCUT2D eigenvalue weighted by Crippen LogP contribution is 2.26. The highest BCUT2D eigenvalue weighted by Gasteiger charge is 2.33. The van der Waals surface area contributed by atoms with Gasteiger partial charge in [0.25, 0.3) is 0 Å². The van der Waals surface area contributed by atoms with Gasteiger partial charge in [-0.25, -0.2) is 9.97 Å². The lowest BCUT2D eigenvalue weighted by molar-refractivity contribution is 0.224. The first-order valence-electron chi connectivity index (χ1n) is 11.0. The molecule has 1 fully saturated rings. The third kappa shape index (κ3) is 4.35. The van der Waals surface area contributed by atoms with E-state index in [4.69, 9.17) is 9.97 Å². The zero-order valence-electron chi connectivity index (χ0n) is 19.1. The predicted octanol–water partition coefficient (Wildman–Crippen LogP) is 4.34. The average molecular weight is 428 g/mol. The van der Waals surface area contributed by atoms with Crippen LogP contribution >= 0.6 is 0 Å². The molecule has 2 aromatic carbocycles. The molecule has 3 aromatic rings. The van der Waals surface area contributed by atoms with Gasteiger partial charge in [-0.3, -0.25) is 0 Å². The van der Waals surface area contributed by atoms with Gasteiger partial charge in [0.1, 0.15) is 0 Å². The van der Waals surface area contributed by atoms with E-state index < -0.39 is 0 Å². The first-order valence-corrected chi connectivity index (χ1v) is 11.0. The van der Waals surface area contributed by atoms with Crippen LogP contribution < -0.4 is 10.2 Å². The molecule has 1 aliphatic rings. The maximum Gasteiger partial charge on any atom is 0.214 e. The van der Waals surface area contributed by atoms with Gasteiger partial charge in [-0.05, 0) is 43.5 Å². The number of rotatable bonds is 3. The number of guanidine groups is 1. The number of piperazine rings is 1. The minimum Gasteiger partial charge on any atom is -0.351 e. The van der Waals surface area contributed by atoms with Crippen molar-refractivity contribution in [3.05, 3.63) is 59.8 Å². The first kappa shape index (κ1) is 21.6. The van der Waals surface area contributed by atoms with E-state index in [0.717, 1.165) is 53.4 Å². The smallest absolute Gasteiger partial charge is 0.214 e. The molecular formula is C25H29N7. The van der Waals surface area contributed by atoms with Crippen molar-refractivity contribution in [2.45, 2.75) is 33.7 Å². The van der Waals surface area contributed by atoms with E-state index in [-0.39, 0.29) is 6.04 Å². The Balaban J connectivity index is 1.62. The summed E-state index contributed by atoms with van der Waals surface area (Å²) in [6.45, 7) is 10.8. The van der Waals surface area contributed by atoms with Gasteiger partial charge in [-0.2, -0.15) is 5.26 Å². The second-order valence-corrected chi connectivity index (χ2v) is 8.55. The van der Waals surface area contributed by atoms with Crippen molar-refractivity contribution in [2.24, 2.45) is 10.9 Å². The number of fused-ring (bicyclic) bond motifs is 1. The van der Waals surface area contributed by atoms with Crippen LogP contribution in [0.2, 0.25) is 0 Å². The van der Waals surface area contributed by atoms with E-state index in [2.05, 4.69) is 34.0 Å². The Kier molecular flexibility index (Phi) is 6.22. The van der Waals surface area contributed by atoms with Gasteiger partial charge in [0.05, 0.1) is 22.8 Å². The summed E-state index contributed by atoms with van der Waals surface area (Å²) in [6, 6.07) is 16.2. The summed E-state index contributed by atoms with van der Waals surface area (Å²) in [6.07, 6.45) is 1.98. The van der Waals surface area contributed by atoms with E-state index in [9.17, 15) is 5.26 Å². The van der Waals surface area contributed by atoms with Crippen LogP contribution in [0, 0.1) is 31.2 Å². The van der Waals surface area contributed by atoms with Crippen LogP contribution in [0.1, 0.15) is 25.1 Å². The molecule has 0 amide bonds. The van der Waals surface area contributed by atoms with Gasteiger partial charge in [-0.1, -0.05) is 44.2 Å². The van der Waals surface area contributed by atoms with Gasteiger partial charge < -0.3 is 15.1 Å². The molecule has 0 spiro atoms. The molecule has 2 heterocycles. The highest BCUT2D eigenvalue weighted by atomic mass is 15.4. The molecule has 1 N–H and O–H groups in total. The molecule has 1 unspecified atom stereocenters. The first-order chi connectivity index (χ1) is 15.5. The summed E-state index contributed by atoms with van der Waals surface area (Å²) in [5.74, 6) is 1.88. The van der Waals surface area contributed by atoms with Gasteiger partial charge >= 0.3 is 0 Å². The Morgan fingerprint density at radius 3 is 2.44 bits per heavy atom. The second-order valence-electron chi connectivity index (χ2n) is 8.55. The SMILES string of the molecule is Cc1ccccc1N/C(=N\C#N)N1CCN(c2nc3ccccc3nc2C)CC1C(C)C. The van der Waals surface area contributed by atoms with Gasteiger partial charge in [-0.15, -0.1) is 4.99 Å². The standard InChI is InChI=1S/C25H29N7/c1-17(2)23-15-31(24-19(4)28-21-11-7-8-12-22(21)29-24)13-14-32(23)25(27-16-26)30-20-10-6-5-9-18(20)3/h5-12,17,23H,13-15H2,1-4H3,(H,27,30). The summed E-state index contributed by atoms with van der Waals surface area (Å²) < 4.78 is 0. The van der Waals surface area contributed by atoms with Crippen molar-refractivity contribution in [1.82, 2.24) is 14.9 Å². The zero-order chi connectivity index (χ0) is 22.7. The molecule has 7 heteroatoms. The normalized spacial score (nSPS) is 17.0. The molecule has 1 atom stereocenters. The van der Waals surface area contributed by atoms with Crippen molar-refractivity contribution >= 4 is 28.5 Å². The van der Waals surface area contributed by atoms with E-state index in [1.54, 1.807) is 0 Å². The van der Waals surface area contributed by atoms with Crippen LogP contribution in [-0.2, 0) is 0 Å². The summed E-state index contributed by atoms with van der Waals surface area (Å²) in [4.78, 5) is 18.4. The minimum absolute atomic E-state index is 0.167. The summed E-state index contributed by atoms with van der Waals surface area (Å²) in [7, 11) is 0. The fourth-order valence-corrected chi connectivity index (χ4v) is 4.26. The molecule has 7 nitrogen and oxygen atoms in total. The third-order valence-corrected chi connectivity index (χ3v) is 6.03. The molecule has 0 bridgehead atoms. The molecule has 0 saturated carbocycles. The molecule has 0 aliphatic carbocycles. The highest BCUT2D eigenvalue weighted by molar-refractivity contribution is 5.95. The largest absolute Gasteiger partial charge is 0.351 e. The Bertz CT molecular complexity index is 1180. The van der Waals surface area contributed by atoms with Gasteiger partial charge in [0, 0.05) is 25.3 Å². The topological polar surface area (TPSA) is 80.4 Å². The monoisotopic (exact) mass is 427 g/mol. The summed E-state index contributed by atoms with van der Waals surface area (Å²) in [5.41, 5.74) is 4.83. The van der Waals surface area contributed by atoms with Crippen molar-refractivity contribution in [1.29, 1.82) is 5.26 Å². The van der Waals surface area contributed by atoms with Crippen molar-refractivity contribution in [3.63, 3.8) is 0 Å². The van der Waals surface area contributed by atoms with Crippen LogP contribution in [0.15, 0.2) is 53.5 Å². The lowest BCUT2D eigenvalue weighted by Crippen LogP contribution is -2.59. The number of aliphatic imine (C=N–C) groups is 1. The van der Waals surface area contributed by atoms with E-state index in [0.29, 0.717) is 11.9 Å². The fourth-order valence-electron chi connectivity index (χ4n) is 4.26. The van der Waals surface area contributed by atoms with Crippen molar-refractivity contribution < 1.29 is 0 Å². The minimum atomic E-state index is 0.167. The van der Waals surface area contributed by atoms with E-state index in [1.165, 1.54) is 0 Å². The van der Waals surface area contributed by atoms with Gasteiger partial charge in [0.15, 0.2) is 5.82 Å². The van der Waals surface area contributed by atoms with E-state index in [1.807, 2.05) is 68.6 Å². The molecule has 164 valence electrons. The number of hydrogen-bond donors (Lipinski definition) is 1. The third-order valence-electron chi connectivity index (χ3n) is 6.03. The number of nitriles is 1. The number of para-hydroxylation sites is 3. The van der Waals surface area contributed by atoms with Crippen LogP contribution in [0.25, 0.3) is 11.0 Å². The number of aromatic nitrogens is 2. The van der Waals surface area contributed by atoms with Gasteiger partial charge in [0.2, 0.25) is 12.2 Å². The molecule has 1 aliphatic heterocycles. The number of anilines is 2. The molecule has 1 saturated heterocycles. The van der Waals surface area contributed by atoms with Crippen LogP contribution in [0.5, 0.6) is 0 Å². The molecular weight excluding hydrogens is 398 g/mol. The lowest BCUT2D eigenvalue weighted by Gasteiger charge is -2.45. The van der Waals surface area contributed by atoms with Crippen LogP contribution in [0.3, 0.4) is 0 Å². The Morgan fingerprint density at radius 2 is 1.75 bits per heavy atom. The second kappa shape index (κ2) is 9.23. The molecule has 1 aromatic heterocycles. The van der Waals surface area contributed by atoms with Crippen LogP contribution in [-0.4, -0.2) is 46.5 Å². The zero-order valence-corrected chi connectivity index (χ0v) is 19.1. The Hall–Kier alpha value is -3.66. The maximum absolute atomic E-state index is 9.37. The quantitative estimate of drug-likeness (QED) is 0.380. The number of aryl methyl sites for hydroxylation is 2. The van der Waals surface area contributed by atoms with Crippen molar-refractivity contribution in [3.8, 4) is 6.19 Å². The number of hydrogen-bond acceptors (Lipinski definition) is 5. The number of nitrogens with one attached hydrogen (secondary N) is 1. The summed E-state index contributed by atoms with van der Waals surface area (Å²) in [5, 5.41) is 12.8. The Morgan fingerprint density at radius 1 is 1.06 bits per heavy atom. The number of nitrogens with zero attached hydrogens (tertiary/aromatic N) is 6. The molecule has 4 rings (SSSR count). The lowest BCUT2D eigenvalue weighted by atomic mass is 9.99. The maximum atomic E-state index is 9.37. The Labute approximate surface area is 189 Å². The summed E-state index contributed by atoms with van der Waals surface area (Å²) >= 11 is 0. The number of benzene rings is 2. The van der Waals surface area contributed by atoms with Crippen molar-refractivity contribution in [2.75, 3.05) is 29.9 Å². The average Bonchev–Trinajstić information content (AvgIpc) is 2.79. The molecule has 0 radical (unpaired) electrons. The predicted molar refractivity (Wildman–Crippen MR) is 130 cm³/mol. The fraction of sp³-hybridized carbons (Fsp3) is 0.360. The van der Waals surface area contributed by atoms with Crippen LogP contribution in [0.4, 0.5) is 11.5 Å². The molecule has 32 heavy (non-hydrogen) atoms. The van der Waals surface area contributed by atoms with E-state index >= 15 is 0 Å².